The molecule has 104 valence electrons. The molecule has 1 unspecified atom stereocenters. The van der Waals surface area contributed by atoms with Crippen molar-refractivity contribution in [1.29, 1.82) is 0 Å². The third-order valence-electron chi connectivity index (χ3n) is 2.83. The molecule has 0 aliphatic rings. The molecule has 0 aliphatic heterocycles. The molecule has 0 aliphatic carbocycles. The summed E-state index contributed by atoms with van der Waals surface area (Å²) in [7, 11) is 0. The van der Waals surface area contributed by atoms with Crippen molar-refractivity contribution in [2.24, 2.45) is 0 Å². The lowest BCUT2D eigenvalue weighted by Gasteiger charge is -2.13. The lowest BCUT2D eigenvalue weighted by atomic mass is 10.2. The molecular weight excluding hydrogens is 274 g/mol. The fourth-order valence-corrected chi connectivity index (χ4v) is 1.85. The zero-order valence-corrected chi connectivity index (χ0v) is 11.9. The Morgan fingerprint density at radius 3 is 2.65 bits per heavy atom. The number of nitrogens with one attached hydrogen (secondary N) is 2. The first-order chi connectivity index (χ1) is 9.65. The molecular formula is C15H16ClN3O. The number of pyridine rings is 1. The second-order valence-electron chi connectivity index (χ2n) is 4.41. The van der Waals surface area contributed by atoms with Crippen LogP contribution in [0.2, 0.25) is 5.02 Å². The smallest absolute Gasteiger partial charge is 0.238 e. The number of benzene rings is 1. The van der Waals surface area contributed by atoms with Gasteiger partial charge >= 0.3 is 0 Å². The van der Waals surface area contributed by atoms with E-state index in [2.05, 4.69) is 15.6 Å². The number of halogens is 1. The van der Waals surface area contributed by atoms with Crippen molar-refractivity contribution in [3.05, 3.63) is 59.4 Å². The van der Waals surface area contributed by atoms with Crippen molar-refractivity contribution in [2.45, 2.75) is 13.0 Å². The van der Waals surface area contributed by atoms with Gasteiger partial charge < -0.3 is 10.6 Å². The minimum Gasteiger partial charge on any atom is -0.325 e. The van der Waals surface area contributed by atoms with E-state index < -0.39 is 0 Å². The zero-order valence-electron chi connectivity index (χ0n) is 11.1. The topological polar surface area (TPSA) is 54.0 Å². The summed E-state index contributed by atoms with van der Waals surface area (Å²) in [6.45, 7) is 2.19. The Morgan fingerprint density at radius 2 is 2.00 bits per heavy atom. The van der Waals surface area contributed by atoms with Crippen LogP contribution in [0.15, 0.2) is 48.7 Å². The van der Waals surface area contributed by atoms with Crippen LogP contribution in [0.25, 0.3) is 0 Å². The van der Waals surface area contributed by atoms with Crippen molar-refractivity contribution >= 4 is 23.2 Å². The van der Waals surface area contributed by atoms with Gasteiger partial charge in [0.15, 0.2) is 0 Å². The van der Waals surface area contributed by atoms with Crippen LogP contribution in [0.4, 0.5) is 5.69 Å². The summed E-state index contributed by atoms with van der Waals surface area (Å²) in [6, 6.07) is 12.7. The predicted molar refractivity (Wildman–Crippen MR) is 80.7 cm³/mol. The average molecular weight is 290 g/mol. The molecule has 1 atom stereocenters. The average Bonchev–Trinajstić information content (AvgIpc) is 2.48. The van der Waals surface area contributed by atoms with Crippen LogP contribution in [-0.4, -0.2) is 17.4 Å². The highest BCUT2D eigenvalue weighted by Crippen LogP contribution is 2.13. The van der Waals surface area contributed by atoms with Crippen molar-refractivity contribution in [3.8, 4) is 0 Å². The van der Waals surface area contributed by atoms with E-state index in [0.29, 0.717) is 5.02 Å². The molecule has 1 aromatic heterocycles. The van der Waals surface area contributed by atoms with E-state index in [1.54, 1.807) is 30.5 Å². The fourth-order valence-electron chi connectivity index (χ4n) is 1.72. The van der Waals surface area contributed by atoms with Crippen molar-refractivity contribution < 1.29 is 4.79 Å². The molecule has 0 spiro atoms. The summed E-state index contributed by atoms with van der Waals surface area (Å²) >= 11 is 5.79. The normalized spacial score (nSPS) is 11.9. The van der Waals surface area contributed by atoms with Crippen LogP contribution in [0.3, 0.4) is 0 Å². The van der Waals surface area contributed by atoms with Gasteiger partial charge in [-0.25, -0.2) is 0 Å². The van der Waals surface area contributed by atoms with Crippen LogP contribution in [0.5, 0.6) is 0 Å². The predicted octanol–water partition coefficient (Wildman–Crippen LogP) is 3.02. The van der Waals surface area contributed by atoms with Gasteiger partial charge in [-0.2, -0.15) is 0 Å². The summed E-state index contributed by atoms with van der Waals surface area (Å²) in [5, 5.41) is 6.57. The number of amides is 1. The highest BCUT2D eigenvalue weighted by Gasteiger charge is 2.08. The lowest BCUT2D eigenvalue weighted by molar-refractivity contribution is -0.115. The standard InChI is InChI=1S/C15H16ClN3O/c1-11(14-4-2-3-9-17-14)18-10-15(20)19-13-7-5-12(16)6-8-13/h2-9,11,18H,10H2,1H3,(H,19,20). The first kappa shape index (κ1) is 14.5. The molecule has 1 amide bonds. The first-order valence-corrected chi connectivity index (χ1v) is 6.72. The molecule has 0 saturated carbocycles. The Bertz CT molecular complexity index is 557. The third-order valence-corrected chi connectivity index (χ3v) is 3.08. The number of hydrogen-bond donors (Lipinski definition) is 2. The lowest BCUT2D eigenvalue weighted by Crippen LogP contribution is -2.30. The molecule has 1 heterocycles. The molecule has 4 nitrogen and oxygen atoms in total. The summed E-state index contributed by atoms with van der Waals surface area (Å²) in [5.74, 6) is -0.102. The van der Waals surface area contributed by atoms with Crippen molar-refractivity contribution in [3.63, 3.8) is 0 Å². The zero-order chi connectivity index (χ0) is 14.4. The van der Waals surface area contributed by atoms with Crippen molar-refractivity contribution in [2.75, 3.05) is 11.9 Å². The summed E-state index contributed by atoms with van der Waals surface area (Å²) in [5.41, 5.74) is 1.64. The van der Waals surface area contributed by atoms with E-state index in [1.807, 2.05) is 25.1 Å². The van der Waals surface area contributed by atoms with Gasteiger partial charge in [0.1, 0.15) is 0 Å². The molecule has 2 aromatic rings. The number of carbonyl (C=O) groups excluding carboxylic acids is 1. The van der Waals surface area contributed by atoms with Crippen molar-refractivity contribution in [1.82, 2.24) is 10.3 Å². The van der Waals surface area contributed by atoms with Gasteiger partial charge in [0.05, 0.1) is 12.2 Å². The summed E-state index contributed by atoms with van der Waals surface area (Å²) in [4.78, 5) is 16.0. The highest BCUT2D eigenvalue weighted by atomic mass is 35.5. The number of carbonyl (C=O) groups is 1. The first-order valence-electron chi connectivity index (χ1n) is 6.35. The number of hydrogen-bond acceptors (Lipinski definition) is 3. The third kappa shape index (κ3) is 4.33. The van der Waals surface area contributed by atoms with Gasteiger partial charge in [0.25, 0.3) is 0 Å². The Kier molecular flexibility index (Phi) is 5.09. The summed E-state index contributed by atoms with van der Waals surface area (Å²) in [6.07, 6.45) is 1.74. The van der Waals surface area contributed by atoms with E-state index in [4.69, 9.17) is 11.6 Å². The maximum atomic E-state index is 11.8. The van der Waals surface area contributed by atoms with Gasteiger partial charge in [-0.05, 0) is 43.3 Å². The van der Waals surface area contributed by atoms with Gasteiger partial charge in [-0.15, -0.1) is 0 Å². The molecule has 1 aromatic carbocycles. The number of rotatable bonds is 5. The second-order valence-corrected chi connectivity index (χ2v) is 4.85. The van der Waals surface area contributed by atoms with Crippen LogP contribution in [0.1, 0.15) is 18.7 Å². The van der Waals surface area contributed by atoms with E-state index in [9.17, 15) is 4.79 Å². The van der Waals surface area contributed by atoms with Gasteiger partial charge in [0.2, 0.25) is 5.91 Å². The minimum atomic E-state index is -0.102. The van der Waals surface area contributed by atoms with Crippen LogP contribution in [-0.2, 0) is 4.79 Å². The maximum Gasteiger partial charge on any atom is 0.238 e. The SMILES string of the molecule is CC(NCC(=O)Nc1ccc(Cl)cc1)c1ccccn1. The van der Waals surface area contributed by atoms with Crippen LogP contribution >= 0.6 is 11.6 Å². The Hall–Kier alpha value is -1.91. The molecule has 2 rings (SSSR count). The Balaban J connectivity index is 1.82. The second kappa shape index (κ2) is 7.03. The monoisotopic (exact) mass is 289 g/mol. The van der Waals surface area contributed by atoms with Gasteiger partial charge in [-0.1, -0.05) is 17.7 Å². The van der Waals surface area contributed by atoms with E-state index in [1.165, 1.54) is 0 Å². The fraction of sp³-hybridized carbons (Fsp3) is 0.200. The van der Waals surface area contributed by atoms with Crippen LogP contribution in [0, 0.1) is 0 Å². The highest BCUT2D eigenvalue weighted by molar-refractivity contribution is 6.30. The van der Waals surface area contributed by atoms with E-state index in [-0.39, 0.29) is 18.5 Å². The number of nitrogens with zero attached hydrogens (tertiary/aromatic N) is 1. The molecule has 20 heavy (non-hydrogen) atoms. The Morgan fingerprint density at radius 1 is 1.25 bits per heavy atom. The molecule has 0 fully saturated rings. The Labute approximate surface area is 123 Å². The molecule has 5 heteroatoms. The number of aromatic nitrogens is 1. The molecule has 0 bridgehead atoms. The molecule has 0 radical (unpaired) electrons. The summed E-state index contributed by atoms with van der Waals surface area (Å²) < 4.78 is 0. The molecule has 0 saturated heterocycles. The van der Waals surface area contributed by atoms with Gasteiger partial charge in [0, 0.05) is 22.9 Å². The number of anilines is 1. The van der Waals surface area contributed by atoms with Crippen LogP contribution < -0.4 is 10.6 Å². The van der Waals surface area contributed by atoms with E-state index in [0.717, 1.165) is 11.4 Å². The van der Waals surface area contributed by atoms with E-state index >= 15 is 0 Å². The maximum absolute atomic E-state index is 11.8. The minimum absolute atomic E-state index is 0.0205. The quantitative estimate of drug-likeness (QED) is 0.889. The van der Waals surface area contributed by atoms with Gasteiger partial charge in [-0.3, -0.25) is 9.78 Å². The largest absolute Gasteiger partial charge is 0.325 e. The molecule has 2 N–H and O–H groups in total.